The van der Waals surface area contributed by atoms with Crippen molar-refractivity contribution in [2.45, 2.75) is 32.2 Å². The normalized spacial score (nSPS) is 14.4. The highest BCUT2D eigenvalue weighted by Crippen LogP contribution is 2.43. The third-order valence-electron chi connectivity index (χ3n) is 5.09. The molecule has 0 N–H and O–H groups in total. The molecule has 24 heavy (non-hydrogen) atoms. The highest BCUT2D eigenvalue weighted by molar-refractivity contribution is 5.95. The molecule has 2 aromatic carbocycles. The van der Waals surface area contributed by atoms with Gasteiger partial charge < -0.3 is 9.30 Å². The number of benzene rings is 2. The van der Waals surface area contributed by atoms with Crippen LogP contribution in [0.1, 0.15) is 36.4 Å². The van der Waals surface area contributed by atoms with Gasteiger partial charge in [-0.3, -0.25) is 0 Å². The third-order valence-corrected chi connectivity index (χ3v) is 5.09. The van der Waals surface area contributed by atoms with Gasteiger partial charge >= 0.3 is 0 Å². The van der Waals surface area contributed by atoms with Crippen molar-refractivity contribution in [2.24, 2.45) is 0 Å². The van der Waals surface area contributed by atoms with Crippen molar-refractivity contribution in [3.05, 3.63) is 53.6 Å². The molecule has 3 aromatic rings. The topological polar surface area (TPSA) is 37.9 Å². The number of ether oxygens (including phenoxy) is 1. The molecule has 0 unspecified atom stereocenters. The van der Waals surface area contributed by atoms with Crippen molar-refractivity contribution in [1.29, 1.82) is 5.26 Å². The van der Waals surface area contributed by atoms with Gasteiger partial charge in [-0.1, -0.05) is 29.8 Å². The molecule has 120 valence electrons. The highest BCUT2D eigenvalue weighted by Gasteiger charge is 2.27. The fraction of sp³-hybridized carbons (Fsp3) is 0.286. The van der Waals surface area contributed by atoms with Crippen LogP contribution in [0, 0.1) is 18.3 Å². The second-order valence-electron chi connectivity index (χ2n) is 6.54. The minimum absolute atomic E-state index is 0.485. The molecule has 1 saturated carbocycles. The van der Waals surface area contributed by atoms with Crippen LogP contribution in [0.4, 0.5) is 0 Å². The smallest absolute Gasteiger partial charge is 0.119 e. The summed E-state index contributed by atoms with van der Waals surface area (Å²) in [4.78, 5) is 0. The van der Waals surface area contributed by atoms with Gasteiger partial charge in [-0.25, -0.2) is 0 Å². The monoisotopic (exact) mass is 316 g/mol. The Hall–Kier alpha value is -2.73. The Bertz CT molecular complexity index is 941. The number of hydrogen-bond acceptors (Lipinski definition) is 2. The fourth-order valence-electron chi connectivity index (χ4n) is 3.55. The quantitative estimate of drug-likeness (QED) is 0.664. The van der Waals surface area contributed by atoms with Crippen molar-refractivity contribution < 1.29 is 4.74 Å². The van der Waals surface area contributed by atoms with Gasteiger partial charge in [0.05, 0.1) is 23.9 Å². The number of nitriles is 1. The van der Waals surface area contributed by atoms with Gasteiger partial charge in [0, 0.05) is 11.4 Å². The van der Waals surface area contributed by atoms with Crippen LogP contribution in [0.5, 0.6) is 5.75 Å². The van der Waals surface area contributed by atoms with E-state index < -0.39 is 0 Å². The average molecular weight is 316 g/mol. The molecule has 3 nitrogen and oxygen atoms in total. The van der Waals surface area contributed by atoms with Crippen molar-refractivity contribution in [3.8, 4) is 23.1 Å². The Morgan fingerprint density at radius 3 is 2.46 bits per heavy atom. The molecule has 0 saturated heterocycles. The number of aromatic nitrogens is 1. The first-order chi connectivity index (χ1) is 11.7. The van der Waals surface area contributed by atoms with Crippen molar-refractivity contribution in [2.75, 3.05) is 7.11 Å². The molecule has 0 aliphatic heterocycles. The molecule has 0 radical (unpaired) electrons. The molecule has 0 amide bonds. The Labute approximate surface area is 142 Å². The molecule has 0 spiro atoms. The van der Waals surface area contributed by atoms with Gasteiger partial charge in [0.15, 0.2) is 0 Å². The minimum Gasteiger partial charge on any atom is -0.497 e. The van der Waals surface area contributed by atoms with E-state index in [0.717, 1.165) is 33.5 Å². The van der Waals surface area contributed by atoms with Crippen LogP contribution in [-0.2, 0) is 0 Å². The summed E-state index contributed by atoms with van der Waals surface area (Å²) in [6.07, 6.45) is 3.62. The predicted molar refractivity (Wildman–Crippen MR) is 96.3 cm³/mol. The third kappa shape index (κ3) is 2.18. The van der Waals surface area contributed by atoms with Crippen LogP contribution in [0.15, 0.2) is 42.5 Å². The highest BCUT2D eigenvalue weighted by atomic mass is 16.5. The van der Waals surface area contributed by atoms with E-state index in [0.29, 0.717) is 6.04 Å². The zero-order valence-corrected chi connectivity index (χ0v) is 14.0. The van der Waals surface area contributed by atoms with E-state index in [1.165, 1.54) is 24.8 Å². The second kappa shape index (κ2) is 5.72. The molecule has 4 rings (SSSR count). The van der Waals surface area contributed by atoms with Gasteiger partial charge in [-0.2, -0.15) is 5.26 Å². The van der Waals surface area contributed by atoms with Crippen molar-refractivity contribution >= 4 is 10.9 Å². The zero-order valence-electron chi connectivity index (χ0n) is 14.0. The summed E-state index contributed by atoms with van der Waals surface area (Å²) >= 11 is 0. The number of hydrogen-bond donors (Lipinski definition) is 0. The summed E-state index contributed by atoms with van der Waals surface area (Å²) in [5.41, 5.74) is 5.27. The van der Waals surface area contributed by atoms with Crippen LogP contribution in [-0.4, -0.2) is 11.7 Å². The Morgan fingerprint density at radius 2 is 1.88 bits per heavy atom. The van der Waals surface area contributed by atoms with E-state index in [9.17, 15) is 5.26 Å². The molecule has 1 aliphatic carbocycles. The number of aryl methyl sites for hydroxylation is 1. The standard InChI is InChI=1S/C21H20N2O/c1-14-6-8-15(9-7-14)21-19(13-22)18-12-17(24-2)10-11-20(18)23(21)16-4-3-5-16/h6-12,16H,3-5H2,1-2H3. The van der Waals surface area contributed by atoms with E-state index in [-0.39, 0.29) is 0 Å². The molecule has 1 aliphatic rings. The number of nitrogens with zero attached hydrogens (tertiary/aromatic N) is 2. The maximum atomic E-state index is 9.88. The van der Waals surface area contributed by atoms with Gasteiger partial charge in [0.25, 0.3) is 0 Å². The summed E-state index contributed by atoms with van der Waals surface area (Å²) in [5.74, 6) is 0.792. The summed E-state index contributed by atoms with van der Waals surface area (Å²) in [7, 11) is 1.66. The van der Waals surface area contributed by atoms with Crippen molar-refractivity contribution in [1.82, 2.24) is 4.57 Å². The van der Waals surface area contributed by atoms with Crippen LogP contribution >= 0.6 is 0 Å². The molecule has 1 fully saturated rings. The molecule has 0 bridgehead atoms. The molecule has 1 heterocycles. The summed E-state index contributed by atoms with van der Waals surface area (Å²) in [6.45, 7) is 2.08. The minimum atomic E-state index is 0.485. The lowest BCUT2D eigenvalue weighted by molar-refractivity contribution is 0.324. The van der Waals surface area contributed by atoms with Gasteiger partial charge in [0.1, 0.15) is 11.8 Å². The number of methoxy groups -OCH3 is 1. The zero-order chi connectivity index (χ0) is 16.7. The average Bonchev–Trinajstić information content (AvgIpc) is 2.87. The lowest BCUT2D eigenvalue weighted by Crippen LogP contribution is -2.17. The SMILES string of the molecule is COc1ccc2c(c1)c(C#N)c(-c1ccc(C)cc1)n2C1CCC1. The predicted octanol–water partition coefficient (Wildman–Crippen LogP) is 5.22. The summed E-state index contributed by atoms with van der Waals surface area (Å²) in [5, 5.41) is 10.9. The Morgan fingerprint density at radius 1 is 1.12 bits per heavy atom. The fourth-order valence-corrected chi connectivity index (χ4v) is 3.55. The van der Waals surface area contributed by atoms with Crippen LogP contribution in [0.25, 0.3) is 22.2 Å². The molecule has 0 atom stereocenters. The van der Waals surface area contributed by atoms with Crippen LogP contribution < -0.4 is 4.74 Å². The molecular weight excluding hydrogens is 296 g/mol. The van der Waals surface area contributed by atoms with Gasteiger partial charge in [0.2, 0.25) is 0 Å². The van der Waals surface area contributed by atoms with E-state index >= 15 is 0 Å². The van der Waals surface area contributed by atoms with Crippen LogP contribution in [0.3, 0.4) is 0 Å². The van der Waals surface area contributed by atoms with Crippen molar-refractivity contribution in [3.63, 3.8) is 0 Å². The second-order valence-corrected chi connectivity index (χ2v) is 6.54. The Kier molecular flexibility index (Phi) is 3.54. The van der Waals surface area contributed by atoms with E-state index in [2.05, 4.69) is 47.9 Å². The maximum Gasteiger partial charge on any atom is 0.119 e. The maximum absolute atomic E-state index is 9.88. The number of fused-ring (bicyclic) bond motifs is 1. The lowest BCUT2D eigenvalue weighted by Gasteiger charge is -2.30. The lowest BCUT2D eigenvalue weighted by atomic mass is 9.92. The van der Waals surface area contributed by atoms with Crippen LogP contribution in [0.2, 0.25) is 0 Å². The van der Waals surface area contributed by atoms with E-state index in [1.807, 2.05) is 12.1 Å². The first-order valence-electron chi connectivity index (χ1n) is 8.42. The van der Waals surface area contributed by atoms with Gasteiger partial charge in [-0.05, 0) is 49.9 Å². The first kappa shape index (κ1) is 14.8. The largest absolute Gasteiger partial charge is 0.497 e. The summed E-state index contributed by atoms with van der Waals surface area (Å²) < 4.78 is 7.75. The first-order valence-corrected chi connectivity index (χ1v) is 8.42. The van der Waals surface area contributed by atoms with E-state index in [4.69, 9.17) is 4.74 Å². The van der Waals surface area contributed by atoms with Gasteiger partial charge in [-0.15, -0.1) is 0 Å². The molecular formula is C21H20N2O. The Balaban J connectivity index is 2.05. The van der Waals surface area contributed by atoms with E-state index in [1.54, 1.807) is 7.11 Å². The molecule has 3 heteroatoms. The number of rotatable bonds is 3. The molecule has 1 aromatic heterocycles. The summed E-state index contributed by atoms with van der Waals surface area (Å²) in [6, 6.07) is 17.5.